The first kappa shape index (κ1) is 33.4. The highest BCUT2D eigenvalue weighted by Crippen LogP contribution is 2.37. The predicted molar refractivity (Wildman–Crippen MR) is 154 cm³/mol. The Kier molecular flexibility index (Phi) is 28.1. The van der Waals surface area contributed by atoms with Crippen molar-refractivity contribution in [2.24, 2.45) is 0 Å². The molecule has 0 aliphatic rings. The van der Waals surface area contributed by atoms with Gasteiger partial charge in [-0.15, -0.1) is 0 Å². The van der Waals surface area contributed by atoms with Crippen LogP contribution in [0.3, 0.4) is 0 Å². The van der Waals surface area contributed by atoms with Gasteiger partial charge in [0.05, 0.1) is 38.3 Å². The van der Waals surface area contributed by atoms with E-state index in [-0.39, 0.29) is 8.89 Å². The Balaban J connectivity index is 3.77. The van der Waals surface area contributed by atoms with Crippen LogP contribution in [0.4, 0.5) is 9.59 Å². The SMILES string of the molecule is CCCCCCCCC(CCCCCCCCCSSC(=O)SOC)SSC(=O)SOC. The average molecular weight is 563 g/mol. The first-order valence-electron chi connectivity index (χ1n) is 11.8. The maximum Gasteiger partial charge on any atom is 0.283 e. The summed E-state index contributed by atoms with van der Waals surface area (Å²) in [5.74, 6) is 1.02. The zero-order valence-corrected chi connectivity index (χ0v) is 24.9. The second kappa shape index (κ2) is 27.0. The van der Waals surface area contributed by atoms with Crippen LogP contribution in [0.5, 0.6) is 0 Å². The lowest BCUT2D eigenvalue weighted by molar-refractivity contribution is 0.274. The fraction of sp³-hybridized carbons (Fsp3) is 0.909. The van der Waals surface area contributed by atoms with E-state index in [4.69, 9.17) is 8.37 Å². The highest BCUT2D eigenvalue weighted by Gasteiger charge is 2.13. The molecule has 0 N–H and O–H groups in total. The van der Waals surface area contributed by atoms with Gasteiger partial charge < -0.3 is 8.37 Å². The molecule has 4 nitrogen and oxygen atoms in total. The van der Waals surface area contributed by atoms with Crippen LogP contribution in [0.1, 0.15) is 103 Å². The molecule has 0 heterocycles. The summed E-state index contributed by atoms with van der Waals surface area (Å²) in [6.07, 6.45) is 19.2. The molecule has 0 aromatic heterocycles. The molecule has 0 aliphatic carbocycles. The Bertz CT molecular complexity index is 443. The van der Waals surface area contributed by atoms with Gasteiger partial charge >= 0.3 is 0 Å². The number of carbonyl (C=O) groups is 2. The third-order valence-corrected chi connectivity index (χ3v) is 11.5. The highest BCUT2D eigenvalue weighted by atomic mass is 33.1. The molecule has 0 radical (unpaired) electrons. The highest BCUT2D eigenvalue weighted by molar-refractivity contribution is 8.86. The molecule has 0 aromatic carbocycles. The van der Waals surface area contributed by atoms with Gasteiger partial charge in [-0.2, -0.15) is 0 Å². The minimum Gasteiger partial charge on any atom is -0.311 e. The second-order valence-corrected chi connectivity index (χ2v) is 14.6. The molecule has 0 saturated heterocycles. The summed E-state index contributed by atoms with van der Waals surface area (Å²) in [5, 5.41) is 0.570. The molecule has 0 spiro atoms. The van der Waals surface area contributed by atoms with Crippen molar-refractivity contribution >= 4 is 76.2 Å². The number of unbranched alkanes of at least 4 members (excludes halogenated alkanes) is 11. The van der Waals surface area contributed by atoms with Crippen molar-refractivity contribution in [3.8, 4) is 0 Å². The van der Waals surface area contributed by atoms with Gasteiger partial charge in [0, 0.05) is 11.0 Å². The number of hydrogen-bond acceptors (Lipinski definition) is 10. The van der Waals surface area contributed by atoms with E-state index in [0.29, 0.717) is 5.25 Å². The minimum atomic E-state index is 0.0191. The zero-order valence-electron chi connectivity index (χ0n) is 20.0. The Morgan fingerprint density at radius 2 is 1.12 bits per heavy atom. The summed E-state index contributed by atoms with van der Waals surface area (Å²) in [5.41, 5.74) is 0. The quantitative estimate of drug-likeness (QED) is 0.0723. The van der Waals surface area contributed by atoms with Crippen LogP contribution in [0.25, 0.3) is 0 Å². The maximum absolute atomic E-state index is 11.8. The van der Waals surface area contributed by atoms with E-state index in [1.54, 1.807) is 28.7 Å². The van der Waals surface area contributed by atoms with Gasteiger partial charge in [-0.3, -0.25) is 9.59 Å². The fourth-order valence-corrected chi connectivity index (χ4v) is 8.72. The van der Waals surface area contributed by atoms with Crippen LogP contribution < -0.4 is 0 Å². The first-order chi connectivity index (χ1) is 15.6. The summed E-state index contributed by atoms with van der Waals surface area (Å²) in [6.45, 7) is 2.26. The van der Waals surface area contributed by atoms with Gasteiger partial charge in [-0.25, -0.2) is 0 Å². The van der Waals surface area contributed by atoms with E-state index < -0.39 is 0 Å². The molecule has 0 bridgehead atoms. The molecule has 1 atom stereocenters. The van der Waals surface area contributed by atoms with Crippen molar-refractivity contribution in [1.29, 1.82) is 0 Å². The van der Waals surface area contributed by atoms with E-state index in [2.05, 4.69) is 6.92 Å². The lowest BCUT2D eigenvalue weighted by Gasteiger charge is -2.15. The normalized spacial score (nSPS) is 12.2. The Hall–Kier alpha value is 1.36. The third kappa shape index (κ3) is 24.5. The van der Waals surface area contributed by atoms with E-state index in [1.807, 2.05) is 0 Å². The summed E-state index contributed by atoms with van der Waals surface area (Å²) in [6, 6.07) is 0. The van der Waals surface area contributed by atoms with Crippen molar-refractivity contribution in [2.75, 3.05) is 20.0 Å². The van der Waals surface area contributed by atoms with Crippen LogP contribution in [0.2, 0.25) is 0 Å². The van der Waals surface area contributed by atoms with Gasteiger partial charge in [-0.1, -0.05) is 106 Å². The minimum absolute atomic E-state index is 0.0191. The van der Waals surface area contributed by atoms with Crippen LogP contribution >= 0.6 is 67.3 Å². The van der Waals surface area contributed by atoms with Gasteiger partial charge in [-0.05, 0) is 40.9 Å². The predicted octanol–water partition coefficient (Wildman–Crippen LogP) is 10.8. The number of hydrogen-bond donors (Lipinski definition) is 0. The standard InChI is InChI=1S/C22H42O4S6/c1-4-5-6-7-11-14-17-20(30-32-22(24)29-26-3)18-15-12-9-8-10-13-16-19-27-31-21(23)28-25-2/h20H,4-19H2,1-3H3. The van der Waals surface area contributed by atoms with Crippen molar-refractivity contribution in [1.82, 2.24) is 0 Å². The second-order valence-electron chi connectivity index (χ2n) is 7.53. The van der Waals surface area contributed by atoms with Crippen molar-refractivity contribution in [3.63, 3.8) is 0 Å². The summed E-state index contributed by atoms with van der Waals surface area (Å²) in [4.78, 5) is 23.1. The molecule has 10 heteroatoms. The largest absolute Gasteiger partial charge is 0.311 e. The Morgan fingerprint density at radius 1 is 0.656 bits per heavy atom. The molecule has 0 fully saturated rings. The van der Waals surface area contributed by atoms with Gasteiger partial charge in [0.25, 0.3) is 8.89 Å². The van der Waals surface area contributed by atoms with Crippen molar-refractivity contribution in [2.45, 2.75) is 108 Å². The summed E-state index contributed by atoms with van der Waals surface area (Å²) >= 11 is 1.84. The maximum atomic E-state index is 11.8. The third-order valence-electron chi connectivity index (χ3n) is 4.82. The zero-order chi connectivity index (χ0) is 23.7. The lowest BCUT2D eigenvalue weighted by atomic mass is 10.0. The van der Waals surface area contributed by atoms with E-state index in [1.165, 1.54) is 125 Å². The van der Waals surface area contributed by atoms with Crippen molar-refractivity contribution in [3.05, 3.63) is 0 Å². The fourth-order valence-electron chi connectivity index (χ4n) is 3.17. The molecule has 0 aliphatic heterocycles. The molecule has 190 valence electrons. The Labute approximate surface area is 221 Å². The van der Waals surface area contributed by atoms with Crippen LogP contribution in [-0.2, 0) is 8.37 Å². The van der Waals surface area contributed by atoms with E-state index in [0.717, 1.165) is 29.8 Å². The molecule has 0 saturated carbocycles. The molecule has 32 heavy (non-hydrogen) atoms. The number of rotatable bonds is 22. The van der Waals surface area contributed by atoms with Crippen molar-refractivity contribution < 1.29 is 18.0 Å². The Morgan fingerprint density at radius 3 is 1.66 bits per heavy atom. The number of carbonyl (C=O) groups excluding carboxylic acids is 2. The molecule has 0 aromatic rings. The molecule has 0 amide bonds. The molecule has 1 unspecified atom stereocenters. The van der Waals surface area contributed by atoms with E-state index in [9.17, 15) is 9.59 Å². The molecular weight excluding hydrogens is 521 g/mol. The summed E-state index contributed by atoms with van der Waals surface area (Å²) < 4.78 is 9.67. The topological polar surface area (TPSA) is 52.6 Å². The van der Waals surface area contributed by atoms with Gasteiger partial charge in [0.1, 0.15) is 0 Å². The smallest absolute Gasteiger partial charge is 0.283 e. The van der Waals surface area contributed by atoms with E-state index >= 15 is 0 Å². The summed E-state index contributed by atoms with van der Waals surface area (Å²) in [7, 11) is 9.07. The van der Waals surface area contributed by atoms with Gasteiger partial charge in [0.2, 0.25) is 0 Å². The van der Waals surface area contributed by atoms with Crippen LogP contribution in [0, 0.1) is 0 Å². The molecular formula is C22H42O4S6. The van der Waals surface area contributed by atoms with Crippen LogP contribution in [-0.4, -0.2) is 34.1 Å². The average Bonchev–Trinajstić information content (AvgIpc) is 2.77. The molecule has 0 rings (SSSR count). The monoisotopic (exact) mass is 562 g/mol. The first-order valence-corrected chi connectivity index (χ1v) is 17.8. The lowest BCUT2D eigenvalue weighted by Crippen LogP contribution is -2.02. The van der Waals surface area contributed by atoms with Crippen LogP contribution in [0.15, 0.2) is 0 Å². The van der Waals surface area contributed by atoms with Gasteiger partial charge in [0.15, 0.2) is 0 Å².